The molecule has 1 amide bonds. The number of aromatic nitrogens is 1. The van der Waals surface area contributed by atoms with Crippen molar-refractivity contribution in [2.75, 3.05) is 16.8 Å². The summed E-state index contributed by atoms with van der Waals surface area (Å²) in [4.78, 5) is 30.5. The first kappa shape index (κ1) is 28.9. The number of carboxylic acid groups (broad SMARTS) is 1. The number of carboxylic acids is 1. The number of amides is 1. The van der Waals surface area contributed by atoms with Crippen LogP contribution in [0.5, 0.6) is 5.75 Å². The SMILES string of the molecule is O=C(COc1ccccc1)Nc1ccc(N2C(=S)N[C@H](c3ccccn3)[C@@H]2c2ccc(-c3cc(C(=O)O)ccc3Cl)o2)cc1. The number of carbonyl (C=O) groups is 2. The second-order valence-electron chi connectivity index (χ2n) is 9.90. The maximum Gasteiger partial charge on any atom is 0.335 e. The number of benzene rings is 3. The Bertz CT molecular complexity index is 1820. The van der Waals surface area contributed by atoms with Crippen LogP contribution in [0.1, 0.15) is 33.9 Å². The normalized spacial score (nSPS) is 15.9. The van der Waals surface area contributed by atoms with E-state index in [9.17, 15) is 14.7 Å². The molecule has 220 valence electrons. The van der Waals surface area contributed by atoms with Crippen molar-refractivity contribution in [2.24, 2.45) is 0 Å². The molecular formula is C33H25ClN4O5S. The van der Waals surface area contributed by atoms with Gasteiger partial charge in [0, 0.05) is 23.1 Å². The molecule has 3 aromatic carbocycles. The van der Waals surface area contributed by atoms with Crippen LogP contribution < -0.4 is 20.3 Å². The Balaban J connectivity index is 1.28. The van der Waals surface area contributed by atoms with Crippen molar-refractivity contribution in [3.63, 3.8) is 0 Å². The van der Waals surface area contributed by atoms with Gasteiger partial charge in [0.25, 0.3) is 5.91 Å². The minimum atomic E-state index is -1.07. The molecule has 44 heavy (non-hydrogen) atoms. The lowest BCUT2D eigenvalue weighted by atomic mass is 10.0. The van der Waals surface area contributed by atoms with Gasteiger partial charge in [-0.2, -0.15) is 0 Å². The molecule has 3 heterocycles. The number of thiocarbonyl (C=S) groups is 1. The van der Waals surface area contributed by atoms with Crippen LogP contribution in [0, 0.1) is 0 Å². The summed E-state index contributed by atoms with van der Waals surface area (Å²) in [6.07, 6.45) is 1.71. The van der Waals surface area contributed by atoms with Gasteiger partial charge in [-0.1, -0.05) is 35.9 Å². The monoisotopic (exact) mass is 624 g/mol. The van der Waals surface area contributed by atoms with Crippen molar-refractivity contribution in [1.82, 2.24) is 10.3 Å². The van der Waals surface area contributed by atoms with E-state index in [4.69, 9.17) is 33.0 Å². The number of ether oxygens (including phenoxy) is 1. The predicted molar refractivity (Wildman–Crippen MR) is 171 cm³/mol. The number of nitrogens with zero attached hydrogens (tertiary/aromatic N) is 2. The van der Waals surface area contributed by atoms with Crippen LogP contribution in [-0.2, 0) is 4.79 Å². The Morgan fingerprint density at radius 2 is 1.77 bits per heavy atom. The molecule has 2 atom stereocenters. The molecule has 3 N–H and O–H groups in total. The zero-order valence-electron chi connectivity index (χ0n) is 23.0. The maximum atomic E-state index is 12.5. The van der Waals surface area contributed by atoms with E-state index in [-0.39, 0.29) is 24.1 Å². The number of halogens is 1. The van der Waals surface area contributed by atoms with Gasteiger partial charge in [-0.05, 0) is 91.1 Å². The standard InChI is InChI=1S/C33H25ClN4O5S/c34-25-14-9-20(32(40)41)18-24(25)27-15-16-28(43-27)31-30(26-8-4-5-17-35-26)37-33(44)38(31)22-12-10-21(11-13-22)36-29(39)19-42-23-6-2-1-3-7-23/h1-18,30-31H,19H2,(H,36,39)(H,37,44)(H,40,41)/t30-,31+/m1/s1. The number of furan rings is 1. The highest BCUT2D eigenvalue weighted by molar-refractivity contribution is 7.80. The second kappa shape index (κ2) is 12.6. The van der Waals surface area contributed by atoms with Crippen LogP contribution in [0.3, 0.4) is 0 Å². The Kier molecular flexibility index (Phi) is 8.27. The Hall–Kier alpha value is -5.19. The number of rotatable bonds is 9. The van der Waals surface area contributed by atoms with E-state index in [1.807, 2.05) is 59.5 Å². The Morgan fingerprint density at radius 3 is 2.50 bits per heavy atom. The quantitative estimate of drug-likeness (QED) is 0.151. The second-order valence-corrected chi connectivity index (χ2v) is 10.7. The number of hydrogen-bond acceptors (Lipinski definition) is 6. The van der Waals surface area contributed by atoms with Crippen LogP contribution in [0.4, 0.5) is 11.4 Å². The molecule has 0 radical (unpaired) electrons. The third-order valence-electron chi connectivity index (χ3n) is 7.04. The zero-order valence-corrected chi connectivity index (χ0v) is 24.6. The van der Waals surface area contributed by atoms with Crippen molar-refractivity contribution >= 4 is 52.2 Å². The first-order valence-electron chi connectivity index (χ1n) is 13.6. The van der Waals surface area contributed by atoms with Gasteiger partial charge in [0.2, 0.25) is 0 Å². The van der Waals surface area contributed by atoms with Crippen molar-refractivity contribution in [2.45, 2.75) is 12.1 Å². The Labute approximate surface area is 263 Å². The van der Waals surface area contributed by atoms with Crippen molar-refractivity contribution in [1.29, 1.82) is 0 Å². The van der Waals surface area contributed by atoms with Crippen LogP contribution >= 0.6 is 23.8 Å². The number of hydrogen-bond donors (Lipinski definition) is 3. The first-order valence-corrected chi connectivity index (χ1v) is 14.4. The van der Waals surface area contributed by atoms with E-state index in [2.05, 4.69) is 15.6 Å². The van der Waals surface area contributed by atoms with Crippen LogP contribution in [0.15, 0.2) is 114 Å². The molecule has 2 aromatic heterocycles. The molecule has 0 unspecified atom stereocenters. The summed E-state index contributed by atoms with van der Waals surface area (Å²) < 4.78 is 11.9. The lowest BCUT2D eigenvalue weighted by molar-refractivity contribution is -0.118. The molecule has 9 nitrogen and oxygen atoms in total. The molecule has 5 aromatic rings. The number of pyridine rings is 1. The van der Waals surface area contributed by atoms with Crippen molar-refractivity contribution in [3.05, 3.63) is 131 Å². The highest BCUT2D eigenvalue weighted by Crippen LogP contribution is 2.43. The summed E-state index contributed by atoms with van der Waals surface area (Å²) in [5, 5.41) is 16.5. The van der Waals surface area contributed by atoms with Gasteiger partial charge in [-0.3, -0.25) is 9.78 Å². The van der Waals surface area contributed by atoms with Crippen LogP contribution in [-0.4, -0.2) is 33.7 Å². The third-order valence-corrected chi connectivity index (χ3v) is 7.68. The largest absolute Gasteiger partial charge is 0.484 e. The van der Waals surface area contributed by atoms with Gasteiger partial charge in [0.1, 0.15) is 23.3 Å². The number of aromatic carboxylic acids is 1. The molecular weight excluding hydrogens is 600 g/mol. The Morgan fingerprint density at radius 1 is 1.00 bits per heavy atom. The lowest BCUT2D eigenvalue weighted by Crippen LogP contribution is -2.29. The first-order chi connectivity index (χ1) is 21.4. The minimum Gasteiger partial charge on any atom is -0.484 e. The van der Waals surface area contributed by atoms with E-state index < -0.39 is 12.0 Å². The summed E-state index contributed by atoms with van der Waals surface area (Å²) in [5.74, 6) is 0.239. The van der Waals surface area contributed by atoms with Gasteiger partial charge in [0.15, 0.2) is 11.7 Å². The van der Waals surface area contributed by atoms with Gasteiger partial charge in [0.05, 0.1) is 22.3 Å². The van der Waals surface area contributed by atoms with E-state index in [1.54, 1.807) is 36.5 Å². The number of anilines is 2. The van der Waals surface area contributed by atoms with E-state index in [0.717, 1.165) is 11.4 Å². The molecule has 1 aliphatic rings. The van der Waals surface area contributed by atoms with E-state index in [0.29, 0.717) is 38.7 Å². The molecule has 0 bridgehead atoms. The molecule has 6 rings (SSSR count). The molecule has 1 fully saturated rings. The molecule has 1 saturated heterocycles. The van der Waals surface area contributed by atoms with Gasteiger partial charge < -0.3 is 29.8 Å². The molecule has 0 saturated carbocycles. The van der Waals surface area contributed by atoms with Crippen molar-refractivity contribution in [3.8, 4) is 17.1 Å². The minimum absolute atomic E-state index is 0.0952. The smallest absolute Gasteiger partial charge is 0.335 e. The highest BCUT2D eigenvalue weighted by atomic mass is 35.5. The fourth-order valence-corrected chi connectivity index (χ4v) is 5.55. The summed E-state index contributed by atoms with van der Waals surface area (Å²) in [7, 11) is 0. The average Bonchev–Trinajstić information content (AvgIpc) is 3.66. The molecule has 0 spiro atoms. The van der Waals surface area contributed by atoms with E-state index >= 15 is 0 Å². The number of carbonyl (C=O) groups excluding carboxylic acids is 1. The van der Waals surface area contributed by atoms with E-state index in [1.165, 1.54) is 18.2 Å². The van der Waals surface area contributed by atoms with Gasteiger partial charge in [-0.15, -0.1) is 0 Å². The van der Waals surface area contributed by atoms with Crippen molar-refractivity contribution < 1.29 is 23.8 Å². The lowest BCUT2D eigenvalue weighted by Gasteiger charge is -2.26. The summed E-state index contributed by atoms with van der Waals surface area (Å²) >= 11 is 12.2. The van der Waals surface area contributed by atoms with Gasteiger partial charge in [-0.25, -0.2) is 4.79 Å². The topological polar surface area (TPSA) is 117 Å². The fraction of sp³-hybridized carbons (Fsp3) is 0.0909. The summed E-state index contributed by atoms with van der Waals surface area (Å²) in [5.41, 5.74) is 2.67. The molecule has 1 aliphatic heterocycles. The molecule has 0 aliphatic carbocycles. The average molecular weight is 625 g/mol. The number of nitrogens with one attached hydrogen (secondary N) is 2. The summed E-state index contributed by atoms with van der Waals surface area (Å²) in [6.45, 7) is -0.125. The fourth-order valence-electron chi connectivity index (χ4n) is 4.99. The molecule has 11 heteroatoms. The predicted octanol–water partition coefficient (Wildman–Crippen LogP) is 6.89. The van der Waals surface area contributed by atoms with Gasteiger partial charge >= 0.3 is 5.97 Å². The maximum absolute atomic E-state index is 12.5. The number of para-hydroxylation sites is 1. The summed E-state index contributed by atoms with van der Waals surface area (Å²) in [6, 6.07) is 29.3. The zero-order chi connectivity index (χ0) is 30.6. The highest BCUT2D eigenvalue weighted by Gasteiger charge is 2.42. The third kappa shape index (κ3) is 6.12. The van der Waals surface area contributed by atoms with Crippen LogP contribution in [0.2, 0.25) is 5.02 Å². The van der Waals surface area contributed by atoms with Crippen LogP contribution in [0.25, 0.3) is 11.3 Å².